The molecule has 15 heavy (non-hydrogen) atoms. The Labute approximate surface area is 85.6 Å². The number of hydrogen-bond acceptors (Lipinski definition) is 5. The lowest BCUT2D eigenvalue weighted by molar-refractivity contribution is -0.140. The number of nitrogens with two attached hydrogens (primary N) is 1. The van der Waals surface area contributed by atoms with Gasteiger partial charge in [0.25, 0.3) is 0 Å². The molecule has 9 heteroatoms. The van der Waals surface area contributed by atoms with E-state index in [9.17, 15) is 14.4 Å². The van der Waals surface area contributed by atoms with Gasteiger partial charge in [-0.3, -0.25) is 10.2 Å². The van der Waals surface area contributed by atoms with Crippen LogP contribution >= 0.6 is 0 Å². The van der Waals surface area contributed by atoms with Crippen LogP contribution in [0.3, 0.4) is 0 Å². The fourth-order valence-electron chi connectivity index (χ4n) is 0.574. The predicted molar refractivity (Wildman–Crippen MR) is 49.0 cm³/mol. The lowest BCUT2D eigenvalue weighted by Gasteiger charge is -2.07. The van der Waals surface area contributed by atoms with Crippen molar-refractivity contribution in [3.63, 3.8) is 0 Å². The summed E-state index contributed by atoms with van der Waals surface area (Å²) in [5.41, 5.74) is 5.65. The standard InChI is InChI=1S/C6H13N5O4/c1-15-4(12)2-3-8-5(13)10-11-6(14)9-7/h2-3,7H2,1H3,(H2,8,10,13)(H2,9,11,14). The molecule has 0 radical (unpaired) electrons. The van der Waals surface area contributed by atoms with Crippen LogP contribution in [0.1, 0.15) is 6.42 Å². The molecule has 0 aromatic rings. The Morgan fingerprint density at radius 2 is 1.80 bits per heavy atom. The second-order valence-corrected chi connectivity index (χ2v) is 2.31. The molecule has 0 spiro atoms. The van der Waals surface area contributed by atoms with Crippen molar-refractivity contribution in [1.29, 1.82) is 0 Å². The van der Waals surface area contributed by atoms with E-state index in [2.05, 4.69) is 10.1 Å². The summed E-state index contributed by atoms with van der Waals surface area (Å²) in [5.74, 6) is 4.28. The first-order valence-corrected chi connectivity index (χ1v) is 3.97. The monoisotopic (exact) mass is 219 g/mol. The average Bonchev–Trinajstić information content (AvgIpc) is 2.25. The van der Waals surface area contributed by atoms with Gasteiger partial charge in [0.1, 0.15) is 0 Å². The highest BCUT2D eigenvalue weighted by Crippen LogP contribution is 1.80. The predicted octanol–water partition coefficient (Wildman–Crippen LogP) is -2.06. The molecule has 0 aromatic carbocycles. The van der Waals surface area contributed by atoms with Crippen molar-refractivity contribution in [2.75, 3.05) is 13.7 Å². The number of carbonyl (C=O) groups excluding carboxylic acids is 3. The molecule has 0 aliphatic carbocycles. The number of rotatable bonds is 3. The number of carbonyl (C=O) groups is 3. The molecule has 0 saturated carbocycles. The maximum atomic E-state index is 10.9. The van der Waals surface area contributed by atoms with Crippen LogP contribution in [0.25, 0.3) is 0 Å². The topological polar surface area (TPSA) is 135 Å². The first-order valence-electron chi connectivity index (χ1n) is 3.97. The van der Waals surface area contributed by atoms with Gasteiger partial charge in [0.2, 0.25) is 0 Å². The van der Waals surface area contributed by atoms with E-state index in [4.69, 9.17) is 5.84 Å². The van der Waals surface area contributed by atoms with Gasteiger partial charge in [-0.1, -0.05) is 0 Å². The summed E-state index contributed by atoms with van der Waals surface area (Å²) in [6.45, 7) is 0.102. The molecular weight excluding hydrogens is 206 g/mol. The first-order chi connectivity index (χ1) is 7.10. The number of ether oxygens (including phenoxy) is 1. The minimum absolute atomic E-state index is 0.0486. The maximum absolute atomic E-state index is 10.9. The van der Waals surface area contributed by atoms with Crippen molar-refractivity contribution in [1.82, 2.24) is 21.6 Å². The van der Waals surface area contributed by atoms with E-state index in [0.29, 0.717) is 0 Å². The van der Waals surface area contributed by atoms with Crippen molar-refractivity contribution in [2.45, 2.75) is 6.42 Å². The fourth-order valence-corrected chi connectivity index (χ4v) is 0.574. The number of urea groups is 2. The second-order valence-electron chi connectivity index (χ2n) is 2.31. The van der Waals surface area contributed by atoms with Gasteiger partial charge in [-0.2, -0.15) is 0 Å². The van der Waals surface area contributed by atoms with Crippen LogP contribution in [-0.4, -0.2) is 31.7 Å². The third-order valence-corrected chi connectivity index (χ3v) is 1.26. The van der Waals surface area contributed by atoms with Gasteiger partial charge >= 0.3 is 18.0 Å². The molecular formula is C6H13N5O4. The number of hydrogen-bond donors (Lipinski definition) is 5. The molecule has 0 heterocycles. The molecule has 9 nitrogen and oxygen atoms in total. The van der Waals surface area contributed by atoms with E-state index >= 15 is 0 Å². The summed E-state index contributed by atoms with van der Waals surface area (Å²) in [5, 5.41) is 2.29. The molecule has 0 atom stereocenters. The minimum Gasteiger partial charge on any atom is -0.469 e. The molecule has 0 fully saturated rings. The Kier molecular flexibility index (Phi) is 6.38. The molecule has 86 valence electrons. The Morgan fingerprint density at radius 1 is 1.20 bits per heavy atom. The highest BCUT2D eigenvalue weighted by Gasteiger charge is 2.03. The molecule has 6 N–H and O–H groups in total. The van der Waals surface area contributed by atoms with Crippen LogP contribution in [0.2, 0.25) is 0 Å². The van der Waals surface area contributed by atoms with Gasteiger partial charge in [0.05, 0.1) is 13.5 Å². The lowest BCUT2D eigenvalue weighted by atomic mass is 10.4. The van der Waals surface area contributed by atoms with E-state index in [-0.39, 0.29) is 13.0 Å². The van der Waals surface area contributed by atoms with Crippen molar-refractivity contribution in [3.05, 3.63) is 0 Å². The van der Waals surface area contributed by atoms with Crippen molar-refractivity contribution in [3.8, 4) is 0 Å². The third kappa shape index (κ3) is 7.07. The second kappa shape index (κ2) is 7.38. The van der Waals surface area contributed by atoms with Crippen LogP contribution in [-0.2, 0) is 9.53 Å². The van der Waals surface area contributed by atoms with Gasteiger partial charge in [-0.05, 0) is 0 Å². The smallest absolute Gasteiger partial charge is 0.347 e. The number of esters is 1. The summed E-state index contributed by atoms with van der Waals surface area (Å²) < 4.78 is 4.34. The first kappa shape index (κ1) is 13.0. The van der Waals surface area contributed by atoms with Crippen LogP contribution < -0.4 is 27.4 Å². The average molecular weight is 219 g/mol. The fraction of sp³-hybridized carbons (Fsp3) is 0.500. The van der Waals surface area contributed by atoms with Gasteiger partial charge in [0.15, 0.2) is 0 Å². The Morgan fingerprint density at radius 3 is 2.33 bits per heavy atom. The molecule has 0 saturated heterocycles. The summed E-state index contributed by atoms with van der Waals surface area (Å²) in [4.78, 5) is 32.0. The number of methoxy groups -OCH3 is 1. The zero-order valence-corrected chi connectivity index (χ0v) is 8.12. The van der Waals surface area contributed by atoms with E-state index in [1.54, 1.807) is 5.43 Å². The summed E-state index contributed by atoms with van der Waals surface area (Å²) in [7, 11) is 1.25. The van der Waals surface area contributed by atoms with E-state index < -0.39 is 18.0 Å². The van der Waals surface area contributed by atoms with Crippen LogP contribution in [0.5, 0.6) is 0 Å². The van der Waals surface area contributed by atoms with Gasteiger partial charge in [-0.15, -0.1) is 0 Å². The van der Waals surface area contributed by atoms with Crippen molar-refractivity contribution >= 4 is 18.0 Å². The largest absolute Gasteiger partial charge is 0.469 e. The molecule has 0 aromatic heterocycles. The zero-order valence-electron chi connectivity index (χ0n) is 8.12. The minimum atomic E-state index is -0.766. The van der Waals surface area contributed by atoms with Crippen LogP contribution in [0.4, 0.5) is 9.59 Å². The Balaban J connectivity index is 3.49. The summed E-state index contributed by atoms with van der Waals surface area (Å²) in [6.07, 6.45) is 0.0486. The highest BCUT2D eigenvalue weighted by atomic mass is 16.5. The summed E-state index contributed by atoms with van der Waals surface area (Å²) in [6, 6.07) is -1.43. The normalized spacial score (nSPS) is 8.67. The van der Waals surface area contributed by atoms with Crippen molar-refractivity contribution < 1.29 is 19.1 Å². The maximum Gasteiger partial charge on any atom is 0.347 e. The highest BCUT2D eigenvalue weighted by molar-refractivity contribution is 5.80. The SMILES string of the molecule is COC(=O)CCNC(=O)NNC(=O)NN. The van der Waals surface area contributed by atoms with E-state index in [1.807, 2.05) is 10.9 Å². The number of hydrazine groups is 2. The molecule has 0 aliphatic heterocycles. The van der Waals surface area contributed by atoms with Gasteiger partial charge in [0, 0.05) is 6.54 Å². The molecule has 0 aliphatic rings. The number of amides is 4. The Bertz CT molecular complexity index is 244. The third-order valence-electron chi connectivity index (χ3n) is 1.26. The van der Waals surface area contributed by atoms with Gasteiger partial charge in [-0.25, -0.2) is 26.3 Å². The zero-order chi connectivity index (χ0) is 11.7. The van der Waals surface area contributed by atoms with Gasteiger partial charge < -0.3 is 10.1 Å². The summed E-state index contributed by atoms with van der Waals surface area (Å²) >= 11 is 0. The molecule has 0 bridgehead atoms. The molecule has 0 rings (SSSR count). The van der Waals surface area contributed by atoms with E-state index in [1.165, 1.54) is 7.11 Å². The molecule has 4 amide bonds. The lowest BCUT2D eigenvalue weighted by Crippen LogP contribution is -2.52. The van der Waals surface area contributed by atoms with E-state index in [0.717, 1.165) is 0 Å². The number of nitrogens with one attached hydrogen (secondary N) is 4. The quantitative estimate of drug-likeness (QED) is 0.161. The molecule has 0 unspecified atom stereocenters. The van der Waals surface area contributed by atoms with Crippen molar-refractivity contribution in [2.24, 2.45) is 5.84 Å². The Hall–Kier alpha value is -2.03. The van der Waals surface area contributed by atoms with Crippen LogP contribution in [0.15, 0.2) is 0 Å². The van der Waals surface area contributed by atoms with Crippen LogP contribution in [0, 0.1) is 0 Å².